The number of urea groups is 1. The van der Waals surface area contributed by atoms with Crippen LogP contribution in [0.1, 0.15) is 0 Å². The van der Waals surface area contributed by atoms with Crippen molar-refractivity contribution >= 4 is 32.5 Å². The molecule has 0 bridgehead atoms. The molecule has 0 fully saturated rings. The number of hydrogen-bond acceptors (Lipinski definition) is 3. The molecule has 0 aromatic heterocycles. The first-order chi connectivity index (χ1) is 12.1. The molecule has 0 saturated heterocycles. The van der Waals surface area contributed by atoms with Crippen LogP contribution in [0, 0.1) is 0 Å². The van der Waals surface area contributed by atoms with Crippen LogP contribution in [0.25, 0.3) is 10.8 Å². The predicted molar refractivity (Wildman–Crippen MR) is 97.7 cm³/mol. The highest BCUT2D eigenvalue weighted by Crippen LogP contribution is 2.22. The molecular weight excluding hydrogens is 338 g/mol. The monoisotopic (exact) mass is 355 g/mol. The molecule has 3 aromatic rings. The zero-order valence-electron chi connectivity index (χ0n) is 13.3. The van der Waals surface area contributed by atoms with E-state index in [0.29, 0.717) is 5.69 Å². The highest BCUT2D eigenvalue weighted by molar-refractivity contribution is 7.89. The molecule has 0 radical (unpaired) electrons. The maximum Gasteiger partial charge on any atom is 0.320 e. The first-order valence-corrected chi connectivity index (χ1v) is 9.12. The highest BCUT2D eigenvalue weighted by atomic mass is 32.2. The summed E-state index contributed by atoms with van der Waals surface area (Å²) in [6, 6.07) is 20.7. The van der Waals surface area contributed by atoms with Crippen LogP contribution in [0.2, 0.25) is 0 Å². The minimum Gasteiger partial charge on any atom is -0.324 e. The fraction of sp³-hybridized carbons (Fsp3) is 0.0556. The fourth-order valence-electron chi connectivity index (χ4n) is 2.40. The van der Waals surface area contributed by atoms with Crippen LogP contribution >= 0.6 is 0 Å². The highest BCUT2D eigenvalue weighted by Gasteiger charge is 2.13. The number of amides is 2. The summed E-state index contributed by atoms with van der Waals surface area (Å²) >= 11 is 0. The average molecular weight is 355 g/mol. The number of fused-ring (bicyclic) bond motifs is 1. The second-order valence-corrected chi connectivity index (χ2v) is 7.06. The van der Waals surface area contributed by atoms with E-state index in [1.54, 1.807) is 24.3 Å². The third-order valence-electron chi connectivity index (χ3n) is 3.60. The Bertz CT molecular complexity index is 983. The van der Waals surface area contributed by atoms with Crippen molar-refractivity contribution in [3.05, 3.63) is 72.8 Å². The van der Waals surface area contributed by atoms with E-state index in [1.165, 1.54) is 12.1 Å². The summed E-state index contributed by atoms with van der Waals surface area (Å²) in [7, 11) is -3.66. The molecule has 25 heavy (non-hydrogen) atoms. The number of rotatable bonds is 5. The van der Waals surface area contributed by atoms with Gasteiger partial charge in [-0.05, 0) is 23.6 Å². The van der Waals surface area contributed by atoms with Gasteiger partial charge < -0.3 is 10.6 Å². The number of hydrogen-bond donors (Lipinski definition) is 3. The van der Waals surface area contributed by atoms with Gasteiger partial charge >= 0.3 is 6.03 Å². The maximum atomic E-state index is 12.1. The smallest absolute Gasteiger partial charge is 0.320 e. The van der Waals surface area contributed by atoms with Crippen LogP contribution in [0.15, 0.2) is 77.7 Å². The molecule has 3 rings (SSSR count). The molecule has 0 saturated carbocycles. The standard InChI is InChI=1S/C18H17N3O3S/c22-18(19-13-20-25(23,24)15-9-2-1-3-10-15)21-17-12-6-8-14-7-4-5-11-16(14)17/h1-12,20H,13H2,(H2,19,21,22). The van der Waals surface area contributed by atoms with Gasteiger partial charge in [-0.25, -0.2) is 13.2 Å². The molecule has 7 heteroatoms. The summed E-state index contributed by atoms with van der Waals surface area (Å²) in [5, 5.41) is 7.12. The van der Waals surface area contributed by atoms with Gasteiger partial charge in [0.05, 0.1) is 17.3 Å². The Hall–Kier alpha value is -2.90. The van der Waals surface area contributed by atoms with Crippen molar-refractivity contribution in [2.75, 3.05) is 12.0 Å². The van der Waals surface area contributed by atoms with Crippen molar-refractivity contribution in [3.63, 3.8) is 0 Å². The number of benzene rings is 3. The molecule has 2 amide bonds. The lowest BCUT2D eigenvalue weighted by Crippen LogP contribution is -2.39. The van der Waals surface area contributed by atoms with Crippen LogP contribution < -0.4 is 15.4 Å². The van der Waals surface area contributed by atoms with E-state index in [-0.39, 0.29) is 11.6 Å². The zero-order chi connectivity index (χ0) is 17.7. The van der Waals surface area contributed by atoms with Crippen LogP contribution in [0.5, 0.6) is 0 Å². The largest absolute Gasteiger partial charge is 0.324 e. The minimum atomic E-state index is -3.66. The van der Waals surface area contributed by atoms with Crippen molar-refractivity contribution in [2.45, 2.75) is 4.90 Å². The summed E-state index contributed by atoms with van der Waals surface area (Å²) in [6.07, 6.45) is 0. The van der Waals surface area contributed by atoms with E-state index in [4.69, 9.17) is 0 Å². The quantitative estimate of drug-likeness (QED) is 0.615. The topological polar surface area (TPSA) is 87.3 Å². The van der Waals surface area contributed by atoms with E-state index in [1.807, 2.05) is 36.4 Å². The Balaban J connectivity index is 1.60. The Morgan fingerprint density at radius 2 is 1.52 bits per heavy atom. The molecule has 0 atom stereocenters. The van der Waals surface area contributed by atoms with Gasteiger partial charge in [-0.15, -0.1) is 0 Å². The van der Waals surface area contributed by atoms with Crippen molar-refractivity contribution < 1.29 is 13.2 Å². The van der Waals surface area contributed by atoms with Crippen molar-refractivity contribution in [1.82, 2.24) is 10.0 Å². The van der Waals surface area contributed by atoms with Gasteiger partial charge in [0.1, 0.15) is 0 Å². The van der Waals surface area contributed by atoms with Gasteiger partial charge in [0.25, 0.3) is 0 Å². The first-order valence-electron chi connectivity index (χ1n) is 7.63. The lowest BCUT2D eigenvalue weighted by molar-refractivity contribution is 0.252. The summed E-state index contributed by atoms with van der Waals surface area (Å²) in [4.78, 5) is 12.2. The summed E-state index contributed by atoms with van der Waals surface area (Å²) in [5.74, 6) is 0. The molecule has 0 spiro atoms. The molecule has 0 aliphatic heterocycles. The molecule has 3 N–H and O–H groups in total. The third kappa shape index (κ3) is 4.14. The number of carbonyl (C=O) groups is 1. The first kappa shape index (κ1) is 16.9. The van der Waals surface area contributed by atoms with Crippen molar-refractivity contribution in [1.29, 1.82) is 0 Å². The van der Waals surface area contributed by atoms with Crippen LogP contribution in [-0.2, 0) is 10.0 Å². The van der Waals surface area contributed by atoms with Crippen LogP contribution in [0.3, 0.4) is 0 Å². The zero-order valence-corrected chi connectivity index (χ0v) is 14.1. The second-order valence-electron chi connectivity index (χ2n) is 5.30. The van der Waals surface area contributed by atoms with Gasteiger partial charge in [-0.3, -0.25) is 0 Å². The Labute approximate surface area is 145 Å². The predicted octanol–water partition coefficient (Wildman–Crippen LogP) is 2.90. The summed E-state index contributed by atoms with van der Waals surface area (Å²) in [6.45, 7) is -0.214. The van der Waals surface area contributed by atoms with Crippen LogP contribution in [0.4, 0.5) is 10.5 Å². The number of anilines is 1. The normalized spacial score (nSPS) is 11.2. The van der Waals surface area contributed by atoms with E-state index in [2.05, 4.69) is 15.4 Å². The van der Waals surface area contributed by atoms with Gasteiger partial charge in [-0.2, -0.15) is 4.72 Å². The van der Waals surface area contributed by atoms with E-state index < -0.39 is 16.1 Å². The Kier molecular flexibility index (Phi) is 4.97. The molecule has 0 aliphatic carbocycles. The molecule has 0 heterocycles. The minimum absolute atomic E-state index is 0.145. The summed E-state index contributed by atoms with van der Waals surface area (Å²) < 4.78 is 26.5. The van der Waals surface area contributed by atoms with Crippen molar-refractivity contribution in [3.8, 4) is 0 Å². The van der Waals surface area contributed by atoms with E-state index in [0.717, 1.165) is 10.8 Å². The molecule has 3 aromatic carbocycles. The second kappa shape index (κ2) is 7.33. The lowest BCUT2D eigenvalue weighted by Gasteiger charge is -2.11. The van der Waals surface area contributed by atoms with Crippen LogP contribution in [-0.4, -0.2) is 21.1 Å². The lowest BCUT2D eigenvalue weighted by atomic mass is 10.1. The number of sulfonamides is 1. The molecule has 128 valence electrons. The van der Waals surface area contributed by atoms with Gasteiger partial charge in [0.2, 0.25) is 10.0 Å². The Morgan fingerprint density at radius 3 is 2.32 bits per heavy atom. The molecule has 0 aliphatic rings. The third-order valence-corrected chi connectivity index (χ3v) is 5.02. The Morgan fingerprint density at radius 1 is 0.840 bits per heavy atom. The summed E-state index contributed by atoms with van der Waals surface area (Å²) in [5.41, 5.74) is 0.654. The van der Waals surface area contributed by atoms with Crippen molar-refractivity contribution in [2.24, 2.45) is 0 Å². The molecule has 6 nitrogen and oxygen atoms in total. The fourth-order valence-corrected chi connectivity index (χ4v) is 3.34. The van der Waals surface area contributed by atoms with E-state index >= 15 is 0 Å². The molecular formula is C18H17N3O3S. The average Bonchev–Trinajstić information content (AvgIpc) is 2.63. The number of nitrogens with one attached hydrogen (secondary N) is 3. The SMILES string of the molecule is O=C(NCNS(=O)(=O)c1ccccc1)Nc1cccc2ccccc12. The van der Waals surface area contributed by atoms with Gasteiger partial charge in [-0.1, -0.05) is 54.6 Å². The van der Waals surface area contributed by atoms with Gasteiger partial charge in [0.15, 0.2) is 0 Å². The van der Waals surface area contributed by atoms with E-state index in [9.17, 15) is 13.2 Å². The maximum absolute atomic E-state index is 12.1. The van der Waals surface area contributed by atoms with Gasteiger partial charge in [0, 0.05) is 5.39 Å². The molecule has 0 unspecified atom stereocenters. The number of carbonyl (C=O) groups excluding carboxylic acids is 1.